The molecule has 8 heteroatoms. The summed E-state index contributed by atoms with van der Waals surface area (Å²) >= 11 is 0. The van der Waals surface area contributed by atoms with Gasteiger partial charge in [-0.05, 0) is 26.7 Å². The molecule has 1 amide bonds. The van der Waals surface area contributed by atoms with Crippen LogP contribution < -0.4 is 5.73 Å². The average molecular weight is 300 g/mol. The highest BCUT2D eigenvalue weighted by atomic mass is 16.4. The summed E-state index contributed by atoms with van der Waals surface area (Å²) in [6.07, 6.45) is -1.06. The number of amides is 1. The Balaban J connectivity index is 3.23. The van der Waals surface area contributed by atoms with Crippen molar-refractivity contribution in [2.24, 2.45) is 11.7 Å². The number of hydrogen-bond acceptors (Lipinski definition) is 6. The van der Waals surface area contributed by atoms with E-state index in [0.717, 1.165) is 0 Å². The van der Waals surface area contributed by atoms with Gasteiger partial charge in [-0.2, -0.15) is 0 Å². The Kier molecular flexibility index (Phi) is 5.30. The zero-order valence-corrected chi connectivity index (χ0v) is 13.1. The lowest BCUT2D eigenvalue weighted by atomic mass is 9.96. The van der Waals surface area contributed by atoms with Crippen molar-refractivity contribution in [3.63, 3.8) is 0 Å². The Hall–Kier alpha value is -1.67. The van der Waals surface area contributed by atoms with E-state index >= 15 is 0 Å². The largest absolute Gasteiger partial charge is 0.465 e. The van der Waals surface area contributed by atoms with Gasteiger partial charge < -0.3 is 20.4 Å². The topological polar surface area (TPSA) is 126 Å². The van der Waals surface area contributed by atoms with Crippen molar-refractivity contribution >= 4 is 6.09 Å². The molecule has 21 heavy (non-hydrogen) atoms. The van der Waals surface area contributed by atoms with Crippen LogP contribution in [0.1, 0.15) is 58.5 Å². The van der Waals surface area contributed by atoms with Gasteiger partial charge in [0.1, 0.15) is 12.1 Å². The van der Waals surface area contributed by atoms with Crippen molar-refractivity contribution in [2.45, 2.75) is 52.2 Å². The van der Waals surface area contributed by atoms with E-state index in [9.17, 15) is 9.90 Å². The van der Waals surface area contributed by atoms with Gasteiger partial charge in [0.25, 0.3) is 0 Å². The van der Waals surface area contributed by atoms with Gasteiger partial charge in [0.2, 0.25) is 11.8 Å². The zero-order chi connectivity index (χ0) is 16.4. The summed E-state index contributed by atoms with van der Waals surface area (Å²) in [6.45, 7) is 8.83. The molecule has 0 unspecified atom stereocenters. The lowest BCUT2D eigenvalue weighted by Crippen LogP contribution is -2.48. The van der Waals surface area contributed by atoms with E-state index in [1.807, 2.05) is 13.8 Å². The van der Waals surface area contributed by atoms with E-state index in [1.54, 1.807) is 20.8 Å². The van der Waals surface area contributed by atoms with Crippen LogP contribution in [0.15, 0.2) is 4.42 Å². The number of rotatable bonds is 5. The molecule has 0 radical (unpaired) electrons. The van der Waals surface area contributed by atoms with Gasteiger partial charge in [-0.1, -0.05) is 13.8 Å². The van der Waals surface area contributed by atoms with Crippen molar-refractivity contribution in [3.8, 4) is 0 Å². The second-order valence-electron chi connectivity index (χ2n) is 6.28. The highest BCUT2D eigenvalue weighted by molar-refractivity contribution is 5.66. The minimum absolute atomic E-state index is 0.0704. The molecule has 0 fully saturated rings. The fraction of sp³-hybridized carbons (Fsp3) is 0.769. The third kappa shape index (κ3) is 3.92. The van der Waals surface area contributed by atoms with Crippen molar-refractivity contribution < 1.29 is 19.4 Å². The van der Waals surface area contributed by atoms with E-state index in [-0.39, 0.29) is 24.3 Å². The highest BCUT2D eigenvalue weighted by Crippen LogP contribution is 2.33. The highest BCUT2D eigenvalue weighted by Gasteiger charge is 2.39. The van der Waals surface area contributed by atoms with Crippen LogP contribution >= 0.6 is 0 Å². The first-order valence-corrected chi connectivity index (χ1v) is 6.81. The minimum atomic E-state index is -1.06. The first-order valence-electron chi connectivity index (χ1n) is 6.81. The molecule has 2 atom stereocenters. The molecule has 0 saturated heterocycles. The third-order valence-electron chi connectivity index (χ3n) is 3.06. The standard InChI is InChI=1S/C13H24N4O4/c1-7(2)9(17(12(19)20)13(3,4)5)11-16-15-10(21-11)8(14)6-18/h7-9,18H,6,14H2,1-5H3,(H,19,20)/t8-,9-/m0/s1. The number of nitrogens with zero attached hydrogens (tertiary/aromatic N) is 3. The predicted octanol–water partition coefficient (Wildman–Crippen LogP) is 1.54. The van der Waals surface area contributed by atoms with E-state index in [4.69, 9.17) is 15.3 Å². The lowest BCUT2D eigenvalue weighted by molar-refractivity contribution is 0.0418. The van der Waals surface area contributed by atoms with Crippen LogP contribution in [-0.2, 0) is 0 Å². The molecule has 1 aromatic rings. The van der Waals surface area contributed by atoms with Gasteiger partial charge in [0.15, 0.2) is 0 Å². The molecule has 0 saturated carbocycles. The summed E-state index contributed by atoms with van der Waals surface area (Å²) in [6, 6.07) is -1.36. The smallest absolute Gasteiger partial charge is 0.408 e. The maximum absolute atomic E-state index is 11.6. The molecule has 1 rings (SSSR count). The van der Waals surface area contributed by atoms with Crippen molar-refractivity contribution in [3.05, 3.63) is 11.8 Å². The van der Waals surface area contributed by atoms with Crippen LogP contribution in [0.2, 0.25) is 0 Å². The fourth-order valence-electron chi connectivity index (χ4n) is 2.11. The quantitative estimate of drug-likeness (QED) is 0.752. The number of carbonyl (C=O) groups is 1. The molecular formula is C13H24N4O4. The second kappa shape index (κ2) is 6.40. The molecule has 0 bridgehead atoms. The van der Waals surface area contributed by atoms with E-state index in [2.05, 4.69) is 10.2 Å². The van der Waals surface area contributed by atoms with Crippen LogP contribution in [0.4, 0.5) is 4.79 Å². The predicted molar refractivity (Wildman–Crippen MR) is 75.5 cm³/mol. The summed E-state index contributed by atoms with van der Waals surface area (Å²) in [7, 11) is 0. The molecule has 0 spiro atoms. The molecule has 1 heterocycles. The molecule has 0 aliphatic rings. The summed E-state index contributed by atoms with van der Waals surface area (Å²) in [5, 5.41) is 26.2. The number of aliphatic hydroxyl groups excluding tert-OH is 1. The van der Waals surface area contributed by atoms with Gasteiger partial charge in [-0.3, -0.25) is 4.90 Å². The lowest BCUT2D eigenvalue weighted by Gasteiger charge is -2.39. The average Bonchev–Trinajstić information content (AvgIpc) is 2.81. The SMILES string of the molecule is CC(C)[C@@H](c1nnc([C@@H](N)CO)o1)N(C(=O)O)C(C)(C)C. The van der Waals surface area contributed by atoms with Crippen molar-refractivity contribution in [1.29, 1.82) is 0 Å². The molecule has 120 valence electrons. The van der Waals surface area contributed by atoms with Crippen molar-refractivity contribution in [1.82, 2.24) is 15.1 Å². The summed E-state index contributed by atoms with van der Waals surface area (Å²) in [5.74, 6) is 0.206. The minimum Gasteiger partial charge on any atom is -0.465 e. The molecule has 0 aliphatic heterocycles. The Morgan fingerprint density at radius 2 is 1.86 bits per heavy atom. The summed E-state index contributed by atoms with van der Waals surface area (Å²) < 4.78 is 5.47. The molecule has 1 aromatic heterocycles. The number of aliphatic hydroxyl groups is 1. The molecule has 0 aromatic carbocycles. The number of aromatic nitrogens is 2. The monoisotopic (exact) mass is 300 g/mol. The maximum Gasteiger partial charge on any atom is 0.408 e. The van der Waals surface area contributed by atoms with Crippen LogP contribution in [0, 0.1) is 5.92 Å². The first kappa shape index (κ1) is 17.4. The second-order valence-corrected chi connectivity index (χ2v) is 6.28. The van der Waals surface area contributed by atoms with Crippen LogP contribution in [0.5, 0.6) is 0 Å². The Labute approximate surface area is 123 Å². The normalized spacial score (nSPS) is 15.0. The van der Waals surface area contributed by atoms with Gasteiger partial charge in [0.05, 0.1) is 6.61 Å². The van der Waals surface area contributed by atoms with E-state index in [1.165, 1.54) is 4.90 Å². The van der Waals surface area contributed by atoms with Gasteiger partial charge in [-0.25, -0.2) is 4.79 Å². The Morgan fingerprint density at radius 3 is 2.24 bits per heavy atom. The maximum atomic E-state index is 11.6. The van der Waals surface area contributed by atoms with E-state index in [0.29, 0.717) is 0 Å². The van der Waals surface area contributed by atoms with E-state index < -0.39 is 23.7 Å². The number of nitrogens with two attached hydrogens (primary N) is 1. The summed E-state index contributed by atoms with van der Waals surface area (Å²) in [4.78, 5) is 12.9. The summed E-state index contributed by atoms with van der Waals surface area (Å²) in [5.41, 5.74) is 5.00. The van der Waals surface area contributed by atoms with Gasteiger partial charge >= 0.3 is 6.09 Å². The van der Waals surface area contributed by atoms with Gasteiger partial charge in [0, 0.05) is 5.54 Å². The fourth-order valence-corrected chi connectivity index (χ4v) is 2.11. The van der Waals surface area contributed by atoms with Crippen LogP contribution in [0.25, 0.3) is 0 Å². The van der Waals surface area contributed by atoms with Gasteiger partial charge in [-0.15, -0.1) is 10.2 Å². The van der Waals surface area contributed by atoms with Crippen LogP contribution in [0.3, 0.4) is 0 Å². The Morgan fingerprint density at radius 1 is 1.33 bits per heavy atom. The molecular weight excluding hydrogens is 276 g/mol. The van der Waals surface area contributed by atoms with Crippen LogP contribution in [-0.4, -0.2) is 43.5 Å². The number of hydrogen-bond donors (Lipinski definition) is 3. The molecule has 0 aliphatic carbocycles. The first-order chi connectivity index (χ1) is 9.59. The zero-order valence-electron chi connectivity index (χ0n) is 13.1. The molecule has 8 nitrogen and oxygen atoms in total. The Bertz CT molecular complexity index is 481. The molecule has 4 N–H and O–H groups in total. The van der Waals surface area contributed by atoms with Crippen molar-refractivity contribution in [2.75, 3.05) is 6.61 Å². The number of carboxylic acid groups (broad SMARTS) is 1. The third-order valence-corrected chi connectivity index (χ3v) is 3.06.